The minimum atomic E-state index is -0.470. The molecule has 0 aromatic heterocycles. The Balaban J connectivity index is 1.79. The lowest BCUT2D eigenvalue weighted by Crippen LogP contribution is -2.43. The maximum absolute atomic E-state index is 12.1. The lowest BCUT2D eigenvalue weighted by molar-refractivity contribution is 0.00558. The third kappa shape index (κ3) is 6.94. The summed E-state index contributed by atoms with van der Waals surface area (Å²) in [5.41, 5.74) is -0.470. The van der Waals surface area contributed by atoms with E-state index in [4.69, 9.17) is 14.2 Å². The number of hydrogen-bond donors (Lipinski definition) is 0. The Bertz CT molecular complexity index is 579. The van der Waals surface area contributed by atoms with E-state index in [1.54, 1.807) is 11.0 Å². The molecule has 0 bridgehead atoms. The van der Waals surface area contributed by atoms with Crippen molar-refractivity contribution in [2.24, 2.45) is 4.99 Å². The number of nitrogens with zero attached hydrogens (tertiary/aromatic N) is 2. The normalized spacial score (nSPS) is 19.3. The number of likely N-dealkylation sites (tertiary alicyclic amines) is 1. The molecule has 0 aliphatic carbocycles. The number of piperidine rings is 1. The topological polar surface area (TPSA) is 60.4 Å². The number of hydrogen-bond acceptors (Lipinski definition) is 5. The van der Waals surface area contributed by atoms with E-state index in [-0.39, 0.29) is 12.2 Å². The van der Waals surface area contributed by atoms with E-state index in [1.165, 1.54) is 0 Å². The van der Waals surface area contributed by atoms with E-state index < -0.39 is 5.60 Å². The minimum absolute atomic E-state index is 0.0737. The van der Waals surface area contributed by atoms with E-state index in [1.807, 2.05) is 39.0 Å². The van der Waals surface area contributed by atoms with Gasteiger partial charge in [0.05, 0.1) is 6.54 Å². The van der Waals surface area contributed by atoms with Crippen LogP contribution in [-0.2, 0) is 14.2 Å². The molecular weight excluding hydrogens is 332 g/mol. The van der Waals surface area contributed by atoms with Gasteiger partial charge in [-0.3, -0.25) is 4.99 Å². The molecule has 0 aromatic rings. The number of aliphatic imine (C=N–C) groups is 1. The van der Waals surface area contributed by atoms with Crippen molar-refractivity contribution in [3.63, 3.8) is 0 Å². The van der Waals surface area contributed by atoms with Gasteiger partial charge in [-0.1, -0.05) is 18.7 Å². The molecule has 2 heterocycles. The maximum atomic E-state index is 12.1. The second kappa shape index (κ2) is 9.46. The zero-order valence-corrected chi connectivity index (χ0v) is 16.1. The molecule has 0 radical (unpaired) electrons. The Morgan fingerprint density at radius 2 is 2.12 bits per heavy atom. The summed E-state index contributed by atoms with van der Waals surface area (Å²) >= 11 is 0. The summed E-state index contributed by atoms with van der Waals surface area (Å²) in [4.78, 5) is 18.1. The van der Waals surface area contributed by atoms with Gasteiger partial charge in [0.15, 0.2) is 5.90 Å². The Kier molecular flexibility index (Phi) is 7.30. The average Bonchev–Trinajstić information content (AvgIpc) is 3.07. The quantitative estimate of drug-likeness (QED) is 0.532. The van der Waals surface area contributed by atoms with Crippen molar-refractivity contribution in [1.82, 2.24) is 4.90 Å². The molecule has 144 valence electrons. The number of ether oxygens (including phenoxy) is 3. The first-order valence-corrected chi connectivity index (χ1v) is 9.17. The van der Waals surface area contributed by atoms with Crippen LogP contribution in [0.3, 0.4) is 0 Å². The summed E-state index contributed by atoms with van der Waals surface area (Å²) in [5.74, 6) is 1.53. The van der Waals surface area contributed by atoms with Gasteiger partial charge in [-0.2, -0.15) is 0 Å². The second-order valence-corrected chi connectivity index (χ2v) is 7.32. The maximum Gasteiger partial charge on any atom is 0.410 e. The fourth-order valence-corrected chi connectivity index (χ4v) is 2.70. The van der Waals surface area contributed by atoms with Crippen LogP contribution in [0.1, 0.15) is 40.0 Å². The number of allylic oxidation sites excluding steroid dienone is 3. The van der Waals surface area contributed by atoms with Crippen LogP contribution in [-0.4, -0.2) is 54.8 Å². The van der Waals surface area contributed by atoms with Crippen LogP contribution < -0.4 is 0 Å². The Morgan fingerprint density at radius 1 is 1.38 bits per heavy atom. The Hall–Kier alpha value is -2.24. The largest absolute Gasteiger partial charge is 0.490 e. The molecular formula is C20H30N2O4. The number of carbonyl (C=O) groups is 1. The van der Waals surface area contributed by atoms with Gasteiger partial charge >= 0.3 is 6.09 Å². The smallest absolute Gasteiger partial charge is 0.410 e. The van der Waals surface area contributed by atoms with E-state index in [0.717, 1.165) is 31.0 Å². The summed E-state index contributed by atoms with van der Waals surface area (Å²) in [5, 5.41) is 0. The van der Waals surface area contributed by atoms with Gasteiger partial charge in [0, 0.05) is 32.4 Å². The monoisotopic (exact) mass is 362 g/mol. The van der Waals surface area contributed by atoms with Gasteiger partial charge < -0.3 is 19.1 Å². The van der Waals surface area contributed by atoms with Gasteiger partial charge in [-0.25, -0.2) is 4.79 Å². The number of carbonyl (C=O) groups excluding carboxylic acids is 1. The zero-order valence-electron chi connectivity index (χ0n) is 16.1. The minimum Gasteiger partial charge on any atom is -0.490 e. The predicted molar refractivity (Wildman–Crippen MR) is 102 cm³/mol. The number of rotatable bonds is 6. The molecule has 0 aromatic carbocycles. The van der Waals surface area contributed by atoms with Gasteiger partial charge in [0.25, 0.3) is 0 Å². The molecule has 0 saturated carbocycles. The summed E-state index contributed by atoms with van der Waals surface area (Å²) in [6.45, 7) is 12.1. The van der Waals surface area contributed by atoms with E-state index in [0.29, 0.717) is 26.1 Å². The average molecular weight is 362 g/mol. The van der Waals surface area contributed by atoms with Crippen molar-refractivity contribution < 1.29 is 19.0 Å². The molecule has 1 fully saturated rings. The highest BCUT2D eigenvalue weighted by atomic mass is 16.6. The van der Waals surface area contributed by atoms with Gasteiger partial charge in [0.2, 0.25) is 0 Å². The fourth-order valence-electron chi connectivity index (χ4n) is 2.70. The van der Waals surface area contributed by atoms with Crippen LogP contribution in [0.25, 0.3) is 0 Å². The first-order valence-electron chi connectivity index (χ1n) is 9.17. The zero-order chi connectivity index (χ0) is 19.0. The van der Waals surface area contributed by atoms with Crippen molar-refractivity contribution in [2.75, 3.05) is 26.2 Å². The summed E-state index contributed by atoms with van der Waals surface area (Å²) in [6, 6.07) is 0. The van der Waals surface area contributed by atoms with Gasteiger partial charge in [-0.05, 0) is 32.9 Å². The Labute approximate surface area is 156 Å². The fraction of sp³-hybridized carbons (Fsp3) is 0.600. The summed E-state index contributed by atoms with van der Waals surface area (Å²) in [6.07, 6.45) is 9.48. The molecule has 2 aliphatic rings. The van der Waals surface area contributed by atoms with Gasteiger partial charge in [-0.15, -0.1) is 0 Å². The summed E-state index contributed by atoms with van der Waals surface area (Å²) < 4.78 is 16.9. The molecule has 1 saturated heterocycles. The Morgan fingerprint density at radius 3 is 2.69 bits per heavy atom. The van der Waals surface area contributed by atoms with Gasteiger partial charge in [0.1, 0.15) is 24.1 Å². The van der Waals surface area contributed by atoms with Crippen LogP contribution in [0.15, 0.2) is 41.6 Å². The molecule has 2 rings (SSSR count). The molecule has 2 aliphatic heterocycles. The lowest BCUT2D eigenvalue weighted by Gasteiger charge is -2.33. The molecule has 0 N–H and O–H groups in total. The molecule has 0 unspecified atom stereocenters. The highest BCUT2D eigenvalue weighted by Crippen LogP contribution is 2.20. The van der Waals surface area contributed by atoms with E-state index >= 15 is 0 Å². The van der Waals surface area contributed by atoms with Crippen LogP contribution in [0.4, 0.5) is 4.79 Å². The highest BCUT2D eigenvalue weighted by molar-refractivity contribution is 5.78. The highest BCUT2D eigenvalue weighted by Gasteiger charge is 2.27. The van der Waals surface area contributed by atoms with Crippen LogP contribution in [0, 0.1) is 0 Å². The molecule has 0 atom stereocenters. The van der Waals surface area contributed by atoms with Crippen molar-refractivity contribution in [3.8, 4) is 0 Å². The predicted octanol–water partition coefficient (Wildman–Crippen LogP) is 3.85. The van der Waals surface area contributed by atoms with Crippen LogP contribution >= 0.6 is 0 Å². The SMILES string of the molecule is C=C/C=C(\C=C/CC1=NCCO1)OC1CCN(C(=O)OC(C)(C)C)CC1. The van der Waals surface area contributed by atoms with Crippen LogP contribution in [0.2, 0.25) is 0 Å². The second-order valence-electron chi connectivity index (χ2n) is 7.32. The molecule has 6 nitrogen and oxygen atoms in total. The van der Waals surface area contributed by atoms with Crippen molar-refractivity contribution >= 4 is 12.0 Å². The standard InChI is InChI=1S/C20H30N2O4/c1-5-7-16(8-6-9-18-21-12-15-24-18)25-17-10-13-22(14-11-17)19(23)26-20(2,3)4/h5-8,17H,1,9-15H2,2-4H3/b8-6-,16-7+. The van der Waals surface area contributed by atoms with E-state index in [9.17, 15) is 4.79 Å². The van der Waals surface area contributed by atoms with Crippen molar-refractivity contribution in [1.29, 1.82) is 0 Å². The molecule has 1 amide bonds. The van der Waals surface area contributed by atoms with E-state index in [2.05, 4.69) is 11.6 Å². The first kappa shape index (κ1) is 20.1. The lowest BCUT2D eigenvalue weighted by atomic mass is 10.1. The molecule has 26 heavy (non-hydrogen) atoms. The van der Waals surface area contributed by atoms with Crippen LogP contribution in [0.5, 0.6) is 0 Å². The first-order chi connectivity index (χ1) is 12.4. The third-order valence-corrected chi connectivity index (χ3v) is 3.90. The third-order valence-electron chi connectivity index (χ3n) is 3.90. The molecule has 6 heteroatoms. The number of amides is 1. The molecule has 0 spiro atoms. The summed E-state index contributed by atoms with van der Waals surface area (Å²) in [7, 11) is 0. The van der Waals surface area contributed by atoms with Crippen molar-refractivity contribution in [2.45, 2.75) is 51.7 Å². The van der Waals surface area contributed by atoms with Crippen molar-refractivity contribution in [3.05, 3.63) is 36.6 Å².